The van der Waals surface area contributed by atoms with Gasteiger partial charge in [-0.15, -0.1) is 0 Å². The Balaban J connectivity index is 1.52. The highest BCUT2D eigenvalue weighted by Gasteiger charge is 2.38. The SMILES string of the molecule is CC(C)(NC(=O)C(CS(=O)(=O)Cc1ccccc1)NC(=O)N1CCOCC1)C(=O)c1nc2ccccc2o1. The highest BCUT2D eigenvalue weighted by atomic mass is 32.2. The summed E-state index contributed by atoms with van der Waals surface area (Å²) in [7, 11) is -3.84. The van der Waals surface area contributed by atoms with Crippen molar-refractivity contribution in [2.24, 2.45) is 0 Å². The molecule has 2 aromatic carbocycles. The Morgan fingerprint density at radius 1 is 1.03 bits per heavy atom. The first-order valence-electron chi connectivity index (χ1n) is 12.1. The number of benzene rings is 2. The van der Waals surface area contributed by atoms with Crippen molar-refractivity contribution in [3.63, 3.8) is 0 Å². The van der Waals surface area contributed by atoms with Gasteiger partial charge >= 0.3 is 6.03 Å². The van der Waals surface area contributed by atoms with Crippen LogP contribution < -0.4 is 10.6 Å². The van der Waals surface area contributed by atoms with Crippen LogP contribution in [0.15, 0.2) is 59.0 Å². The van der Waals surface area contributed by atoms with Crippen LogP contribution in [0.5, 0.6) is 0 Å². The average Bonchev–Trinajstić information content (AvgIpc) is 3.32. The fraction of sp³-hybridized carbons (Fsp3) is 0.385. The van der Waals surface area contributed by atoms with E-state index in [1.165, 1.54) is 18.7 Å². The summed E-state index contributed by atoms with van der Waals surface area (Å²) in [5, 5.41) is 5.12. The lowest BCUT2D eigenvalue weighted by Gasteiger charge is -2.30. The molecule has 4 rings (SSSR count). The van der Waals surface area contributed by atoms with Crippen molar-refractivity contribution >= 4 is 38.7 Å². The van der Waals surface area contributed by atoms with Gasteiger partial charge in [0, 0.05) is 13.1 Å². The highest BCUT2D eigenvalue weighted by molar-refractivity contribution is 7.90. The second kappa shape index (κ2) is 11.3. The number of rotatable bonds is 9. The molecule has 38 heavy (non-hydrogen) atoms. The van der Waals surface area contributed by atoms with Crippen molar-refractivity contribution < 1.29 is 32.0 Å². The Morgan fingerprint density at radius 2 is 1.68 bits per heavy atom. The van der Waals surface area contributed by atoms with Gasteiger partial charge in [-0.3, -0.25) is 9.59 Å². The second-order valence-electron chi connectivity index (χ2n) is 9.57. The Labute approximate surface area is 220 Å². The quantitative estimate of drug-likeness (QED) is 0.390. The van der Waals surface area contributed by atoms with E-state index in [1.54, 1.807) is 54.6 Å². The first-order valence-corrected chi connectivity index (χ1v) is 14.0. The van der Waals surface area contributed by atoms with E-state index in [9.17, 15) is 22.8 Å². The van der Waals surface area contributed by atoms with Crippen LogP contribution in [0.2, 0.25) is 0 Å². The van der Waals surface area contributed by atoms with Gasteiger partial charge in [0.1, 0.15) is 17.1 Å². The van der Waals surface area contributed by atoms with Crippen molar-refractivity contribution in [1.29, 1.82) is 0 Å². The molecule has 1 saturated heterocycles. The summed E-state index contributed by atoms with van der Waals surface area (Å²) >= 11 is 0. The summed E-state index contributed by atoms with van der Waals surface area (Å²) in [5.41, 5.74) is -0.0535. The van der Waals surface area contributed by atoms with E-state index in [2.05, 4.69) is 15.6 Å². The Bertz CT molecular complexity index is 1380. The van der Waals surface area contributed by atoms with Gasteiger partial charge < -0.3 is 24.7 Å². The van der Waals surface area contributed by atoms with Gasteiger partial charge in [0.2, 0.25) is 11.7 Å². The van der Waals surface area contributed by atoms with Gasteiger partial charge in [-0.05, 0) is 31.5 Å². The van der Waals surface area contributed by atoms with Crippen LogP contribution in [-0.2, 0) is 25.1 Å². The molecule has 3 amide bonds. The third kappa shape index (κ3) is 6.75. The lowest BCUT2D eigenvalue weighted by Crippen LogP contribution is -2.60. The van der Waals surface area contributed by atoms with Crippen LogP contribution in [0.1, 0.15) is 30.1 Å². The number of sulfone groups is 1. The van der Waals surface area contributed by atoms with Crippen molar-refractivity contribution in [1.82, 2.24) is 20.5 Å². The molecule has 0 aliphatic carbocycles. The molecular formula is C26H30N4O7S. The number of carbonyl (C=O) groups is 3. The number of aromatic nitrogens is 1. The predicted molar refractivity (Wildman–Crippen MR) is 139 cm³/mol. The Morgan fingerprint density at radius 3 is 2.37 bits per heavy atom. The molecule has 0 radical (unpaired) electrons. The van der Waals surface area contributed by atoms with Gasteiger partial charge in [-0.1, -0.05) is 42.5 Å². The maximum absolute atomic E-state index is 13.4. The molecule has 2 heterocycles. The van der Waals surface area contributed by atoms with Crippen LogP contribution in [-0.4, -0.2) is 79.7 Å². The molecule has 1 aliphatic heterocycles. The lowest BCUT2D eigenvalue weighted by molar-refractivity contribution is -0.123. The number of amides is 3. The number of hydrogen-bond donors (Lipinski definition) is 2. The number of nitrogens with one attached hydrogen (secondary N) is 2. The van der Waals surface area contributed by atoms with Crippen molar-refractivity contribution in [3.8, 4) is 0 Å². The standard InChI is InChI=1S/C26H30N4O7S/c1-26(2,22(31)24-27-19-10-6-7-11-21(19)37-24)29-23(32)20(28-25(33)30-12-14-36-15-13-30)17-38(34,35)16-18-8-4-3-5-9-18/h3-11,20H,12-17H2,1-2H3,(H,28,33)(H,29,32). The van der Waals surface area contributed by atoms with Gasteiger partial charge in [-0.2, -0.15) is 0 Å². The second-order valence-corrected chi connectivity index (χ2v) is 11.7. The minimum Gasteiger partial charge on any atom is -0.434 e. The largest absolute Gasteiger partial charge is 0.434 e. The van der Waals surface area contributed by atoms with E-state index in [-0.39, 0.29) is 11.6 Å². The summed E-state index contributed by atoms with van der Waals surface area (Å²) in [6.45, 7) is 4.20. The van der Waals surface area contributed by atoms with E-state index in [0.717, 1.165) is 0 Å². The minimum absolute atomic E-state index is 0.192. The fourth-order valence-corrected chi connectivity index (χ4v) is 5.58. The molecule has 12 heteroatoms. The number of urea groups is 1. The zero-order valence-corrected chi connectivity index (χ0v) is 22.0. The Kier molecular flexibility index (Phi) is 8.12. The number of Topliss-reactive ketones (excluding diaryl/α,β-unsaturated/α-hetero) is 1. The minimum atomic E-state index is -3.84. The van der Waals surface area contributed by atoms with Crippen molar-refractivity contribution in [3.05, 3.63) is 66.1 Å². The molecule has 1 atom stereocenters. The number of ketones is 1. The molecule has 1 aliphatic rings. The van der Waals surface area contributed by atoms with E-state index in [0.29, 0.717) is 43.0 Å². The van der Waals surface area contributed by atoms with Crippen LogP contribution in [0.3, 0.4) is 0 Å². The average molecular weight is 543 g/mol. The molecule has 1 aromatic heterocycles. The third-order valence-electron chi connectivity index (χ3n) is 6.05. The van der Waals surface area contributed by atoms with Crippen LogP contribution >= 0.6 is 0 Å². The third-order valence-corrected chi connectivity index (χ3v) is 7.67. The fourth-order valence-electron chi connectivity index (χ4n) is 4.02. The molecular weight excluding hydrogens is 512 g/mol. The number of ether oxygens (including phenoxy) is 1. The van der Waals surface area contributed by atoms with Gasteiger partial charge in [0.05, 0.1) is 24.7 Å². The van der Waals surface area contributed by atoms with Crippen LogP contribution in [0, 0.1) is 0 Å². The van der Waals surface area contributed by atoms with Gasteiger partial charge in [0.15, 0.2) is 15.4 Å². The summed E-state index contributed by atoms with van der Waals surface area (Å²) in [5.74, 6) is -2.58. The number of nitrogens with zero attached hydrogens (tertiary/aromatic N) is 2. The van der Waals surface area contributed by atoms with E-state index < -0.39 is 44.9 Å². The molecule has 0 bridgehead atoms. The van der Waals surface area contributed by atoms with Crippen molar-refractivity contribution in [2.75, 3.05) is 32.1 Å². The first-order chi connectivity index (χ1) is 18.0. The van der Waals surface area contributed by atoms with Gasteiger partial charge in [-0.25, -0.2) is 18.2 Å². The molecule has 11 nitrogen and oxygen atoms in total. The number of carbonyl (C=O) groups excluding carboxylic acids is 3. The maximum Gasteiger partial charge on any atom is 0.318 e. The van der Waals surface area contributed by atoms with Crippen LogP contribution in [0.25, 0.3) is 11.1 Å². The molecule has 0 saturated carbocycles. The smallest absolute Gasteiger partial charge is 0.318 e. The molecule has 1 fully saturated rings. The molecule has 0 spiro atoms. The number of para-hydroxylation sites is 2. The number of hydrogen-bond acceptors (Lipinski definition) is 8. The molecule has 1 unspecified atom stereocenters. The summed E-state index contributed by atoms with van der Waals surface area (Å²) in [6.07, 6.45) is 0. The zero-order valence-electron chi connectivity index (χ0n) is 21.2. The number of oxazole rings is 1. The predicted octanol–water partition coefficient (Wildman–Crippen LogP) is 1.93. The highest BCUT2D eigenvalue weighted by Crippen LogP contribution is 2.19. The molecule has 2 N–H and O–H groups in total. The molecule has 202 valence electrons. The number of fused-ring (bicyclic) bond motifs is 1. The number of morpholine rings is 1. The summed E-state index contributed by atoms with van der Waals surface area (Å²) in [4.78, 5) is 45.1. The monoisotopic (exact) mass is 542 g/mol. The maximum atomic E-state index is 13.4. The van der Waals surface area contributed by atoms with Crippen LogP contribution in [0.4, 0.5) is 4.79 Å². The van der Waals surface area contributed by atoms with Crippen molar-refractivity contribution in [2.45, 2.75) is 31.2 Å². The first kappa shape index (κ1) is 27.3. The topological polar surface area (TPSA) is 148 Å². The molecule has 3 aromatic rings. The van der Waals surface area contributed by atoms with E-state index in [4.69, 9.17) is 9.15 Å². The Hall–Kier alpha value is -3.77. The van der Waals surface area contributed by atoms with Gasteiger partial charge in [0.25, 0.3) is 5.89 Å². The summed E-state index contributed by atoms with van der Waals surface area (Å²) < 4.78 is 36.9. The summed E-state index contributed by atoms with van der Waals surface area (Å²) in [6, 6.07) is 13.4. The van der Waals surface area contributed by atoms with E-state index in [1.807, 2.05) is 0 Å². The zero-order chi connectivity index (χ0) is 27.3. The van der Waals surface area contributed by atoms with E-state index >= 15 is 0 Å². The normalized spacial score (nSPS) is 15.2. The lowest BCUT2D eigenvalue weighted by atomic mass is 9.98.